The molecule has 0 bridgehead atoms. The number of carbonyl (C=O) groups is 1. The molecule has 1 amide bonds. The Morgan fingerprint density at radius 2 is 1.61 bits per heavy atom. The molecule has 0 radical (unpaired) electrons. The van der Waals surface area contributed by atoms with Crippen LogP contribution in [0.2, 0.25) is 0 Å². The van der Waals surface area contributed by atoms with Gasteiger partial charge < -0.3 is 10.4 Å². The van der Waals surface area contributed by atoms with Crippen LogP contribution in [0.25, 0.3) is 0 Å². The van der Waals surface area contributed by atoms with E-state index < -0.39 is 0 Å². The van der Waals surface area contributed by atoms with Crippen molar-refractivity contribution < 1.29 is 9.90 Å². The number of nitrogens with one attached hydrogen (secondary N) is 1. The van der Waals surface area contributed by atoms with Crippen LogP contribution < -0.4 is 5.32 Å². The van der Waals surface area contributed by atoms with Gasteiger partial charge in [-0.05, 0) is 59.0 Å². The SMILES string of the molecule is CC(C)(C)c1cc(CCCSCC(=O)NC2CCCC2)cc(C(C)(C)C)c1O. The van der Waals surface area contributed by atoms with Gasteiger partial charge in [0.2, 0.25) is 5.91 Å². The van der Waals surface area contributed by atoms with Crippen molar-refractivity contribution in [3.05, 3.63) is 28.8 Å². The summed E-state index contributed by atoms with van der Waals surface area (Å²) in [4.78, 5) is 12.0. The molecule has 158 valence electrons. The number of phenolic OH excluding ortho intramolecular Hbond substituents is 1. The Morgan fingerprint density at radius 1 is 1.07 bits per heavy atom. The van der Waals surface area contributed by atoms with Gasteiger partial charge >= 0.3 is 0 Å². The van der Waals surface area contributed by atoms with E-state index in [4.69, 9.17) is 0 Å². The lowest BCUT2D eigenvalue weighted by molar-refractivity contribution is -0.119. The minimum absolute atomic E-state index is 0.0901. The largest absolute Gasteiger partial charge is 0.507 e. The summed E-state index contributed by atoms with van der Waals surface area (Å²) < 4.78 is 0. The molecule has 2 rings (SSSR count). The van der Waals surface area contributed by atoms with Gasteiger partial charge in [-0.3, -0.25) is 4.79 Å². The Kier molecular flexibility index (Phi) is 7.89. The van der Waals surface area contributed by atoms with Gasteiger partial charge in [-0.15, -0.1) is 0 Å². The zero-order valence-electron chi connectivity index (χ0n) is 18.7. The van der Waals surface area contributed by atoms with Crippen LogP contribution in [0.3, 0.4) is 0 Å². The number of aryl methyl sites for hydroxylation is 1. The van der Waals surface area contributed by atoms with Crippen molar-refractivity contribution >= 4 is 17.7 Å². The number of aromatic hydroxyl groups is 1. The molecule has 0 saturated heterocycles. The van der Waals surface area contributed by atoms with Gasteiger partial charge in [0.15, 0.2) is 0 Å². The van der Waals surface area contributed by atoms with Crippen LogP contribution in [0.1, 0.15) is 90.3 Å². The quantitative estimate of drug-likeness (QED) is 0.571. The predicted octanol–water partition coefficient (Wildman–Crippen LogP) is 5.71. The Morgan fingerprint density at radius 3 is 2.11 bits per heavy atom. The lowest BCUT2D eigenvalue weighted by atomic mass is 9.78. The van der Waals surface area contributed by atoms with Crippen LogP contribution in [0.4, 0.5) is 0 Å². The summed E-state index contributed by atoms with van der Waals surface area (Å²) in [5, 5.41) is 14.0. The summed E-state index contributed by atoms with van der Waals surface area (Å²) in [6, 6.07) is 4.75. The van der Waals surface area contributed by atoms with E-state index in [9.17, 15) is 9.90 Å². The summed E-state index contributed by atoms with van der Waals surface area (Å²) >= 11 is 1.73. The third kappa shape index (κ3) is 6.72. The zero-order chi connectivity index (χ0) is 20.9. The van der Waals surface area contributed by atoms with Gasteiger partial charge in [-0.2, -0.15) is 11.8 Å². The minimum atomic E-state index is -0.0901. The van der Waals surface area contributed by atoms with Crippen molar-refractivity contribution in [3.63, 3.8) is 0 Å². The first-order valence-electron chi connectivity index (χ1n) is 10.7. The van der Waals surface area contributed by atoms with E-state index in [-0.39, 0.29) is 16.7 Å². The number of phenols is 1. The highest BCUT2D eigenvalue weighted by Crippen LogP contribution is 2.40. The standard InChI is InChI=1S/C24H39NO2S/c1-23(2,3)19-14-17(15-20(22(19)27)24(4,5)6)10-9-13-28-16-21(26)25-18-11-7-8-12-18/h14-15,18,27H,7-13,16H2,1-6H3,(H,25,26). The average Bonchev–Trinajstić information content (AvgIpc) is 3.06. The second-order valence-corrected chi connectivity index (χ2v) is 11.3. The Balaban J connectivity index is 1.90. The van der Waals surface area contributed by atoms with Crippen molar-refractivity contribution in [2.75, 3.05) is 11.5 Å². The zero-order valence-corrected chi connectivity index (χ0v) is 19.5. The molecular formula is C24H39NO2S. The number of rotatable bonds is 7. The van der Waals surface area contributed by atoms with E-state index in [2.05, 4.69) is 59.0 Å². The highest BCUT2D eigenvalue weighted by Gasteiger charge is 2.26. The van der Waals surface area contributed by atoms with E-state index in [1.807, 2.05) is 0 Å². The smallest absolute Gasteiger partial charge is 0.230 e. The van der Waals surface area contributed by atoms with Crippen LogP contribution in [0.5, 0.6) is 5.75 Å². The van der Waals surface area contributed by atoms with Crippen molar-refractivity contribution in [2.45, 2.75) is 96.9 Å². The molecule has 1 aromatic rings. The van der Waals surface area contributed by atoms with Crippen LogP contribution in [0, 0.1) is 0 Å². The third-order valence-electron chi connectivity index (χ3n) is 5.49. The number of thioether (sulfide) groups is 1. The minimum Gasteiger partial charge on any atom is -0.507 e. The molecule has 0 atom stereocenters. The second kappa shape index (κ2) is 9.56. The monoisotopic (exact) mass is 405 g/mol. The number of carbonyl (C=O) groups excluding carboxylic acids is 1. The maximum Gasteiger partial charge on any atom is 0.230 e. The molecule has 0 heterocycles. The average molecular weight is 406 g/mol. The molecule has 0 unspecified atom stereocenters. The summed E-state index contributed by atoms with van der Waals surface area (Å²) in [5.74, 6) is 2.18. The first-order valence-corrected chi connectivity index (χ1v) is 11.9. The molecular weight excluding hydrogens is 366 g/mol. The maximum absolute atomic E-state index is 12.0. The maximum atomic E-state index is 12.0. The first-order chi connectivity index (χ1) is 13.0. The summed E-state index contributed by atoms with van der Waals surface area (Å²) in [5.41, 5.74) is 3.15. The van der Waals surface area contributed by atoms with Crippen molar-refractivity contribution in [3.8, 4) is 5.75 Å². The molecule has 1 aliphatic rings. The number of amides is 1. The van der Waals surface area contributed by atoms with Crippen LogP contribution in [-0.4, -0.2) is 28.6 Å². The highest BCUT2D eigenvalue weighted by atomic mass is 32.2. The predicted molar refractivity (Wildman–Crippen MR) is 122 cm³/mol. The normalized spacial score (nSPS) is 15.8. The van der Waals surface area contributed by atoms with Gasteiger partial charge in [0.25, 0.3) is 0 Å². The van der Waals surface area contributed by atoms with Gasteiger partial charge in [0.1, 0.15) is 5.75 Å². The Hall–Kier alpha value is -1.16. The molecule has 0 spiro atoms. The number of hydrogen-bond donors (Lipinski definition) is 2. The fourth-order valence-electron chi connectivity index (χ4n) is 3.86. The number of benzene rings is 1. The fourth-order valence-corrected chi connectivity index (χ4v) is 4.63. The molecule has 3 nitrogen and oxygen atoms in total. The Labute approximate surface area is 176 Å². The van der Waals surface area contributed by atoms with Crippen molar-refractivity contribution in [2.24, 2.45) is 0 Å². The van der Waals surface area contributed by atoms with E-state index in [0.29, 0.717) is 17.5 Å². The molecule has 0 aliphatic heterocycles. The molecule has 1 fully saturated rings. The first kappa shape index (κ1) is 23.1. The topological polar surface area (TPSA) is 49.3 Å². The molecule has 1 aromatic carbocycles. The molecule has 28 heavy (non-hydrogen) atoms. The Bertz CT molecular complexity index is 629. The van der Waals surface area contributed by atoms with Crippen LogP contribution in [-0.2, 0) is 22.0 Å². The van der Waals surface area contributed by atoms with Crippen molar-refractivity contribution in [1.82, 2.24) is 5.32 Å². The third-order valence-corrected chi connectivity index (χ3v) is 6.54. The molecule has 4 heteroatoms. The van der Waals surface area contributed by atoms with Gasteiger partial charge in [0.05, 0.1) is 5.75 Å². The summed E-state index contributed by atoms with van der Waals surface area (Å²) in [6.07, 6.45) is 6.80. The van der Waals surface area contributed by atoms with Gasteiger partial charge in [-0.1, -0.05) is 66.5 Å². The van der Waals surface area contributed by atoms with E-state index in [1.54, 1.807) is 11.8 Å². The second-order valence-electron chi connectivity index (χ2n) is 10.2. The van der Waals surface area contributed by atoms with E-state index >= 15 is 0 Å². The highest BCUT2D eigenvalue weighted by molar-refractivity contribution is 7.99. The lowest BCUT2D eigenvalue weighted by Crippen LogP contribution is -2.33. The van der Waals surface area contributed by atoms with Crippen LogP contribution >= 0.6 is 11.8 Å². The van der Waals surface area contributed by atoms with Crippen molar-refractivity contribution in [1.29, 1.82) is 0 Å². The van der Waals surface area contributed by atoms with Crippen LogP contribution in [0.15, 0.2) is 12.1 Å². The lowest BCUT2D eigenvalue weighted by Gasteiger charge is -2.28. The molecule has 0 aromatic heterocycles. The molecule has 1 aliphatic carbocycles. The van der Waals surface area contributed by atoms with Gasteiger partial charge in [-0.25, -0.2) is 0 Å². The fraction of sp³-hybridized carbons (Fsp3) is 0.708. The van der Waals surface area contributed by atoms with E-state index in [1.165, 1.54) is 18.4 Å². The number of hydrogen-bond acceptors (Lipinski definition) is 3. The summed E-state index contributed by atoms with van der Waals surface area (Å²) in [7, 11) is 0. The summed E-state index contributed by atoms with van der Waals surface area (Å²) in [6.45, 7) is 12.9. The van der Waals surface area contributed by atoms with Gasteiger partial charge in [0, 0.05) is 6.04 Å². The molecule has 1 saturated carbocycles. The van der Waals surface area contributed by atoms with E-state index in [0.717, 1.165) is 42.6 Å². The molecule has 2 N–H and O–H groups in total.